The van der Waals surface area contributed by atoms with Crippen LogP contribution in [0.1, 0.15) is 30.5 Å². The van der Waals surface area contributed by atoms with E-state index in [0.29, 0.717) is 0 Å². The van der Waals surface area contributed by atoms with Gasteiger partial charge in [0.1, 0.15) is 0 Å². The lowest BCUT2D eigenvalue weighted by atomic mass is 9.81. The summed E-state index contributed by atoms with van der Waals surface area (Å²) in [7, 11) is 0. The third-order valence-corrected chi connectivity index (χ3v) is 7.84. The summed E-state index contributed by atoms with van der Waals surface area (Å²) in [6.07, 6.45) is 0. The summed E-state index contributed by atoms with van der Waals surface area (Å²) < 4.78 is 2.75. The minimum atomic E-state index is 0.0285. The van der Waals surface area contributed by atoms with Gasteiger partial charge in [-0.2, -0.15) is 0 Å². The van der Waals surface area contributed by atoms with E-state index in [2.05, 4.69) is 99.6 Å². The Morgan fingerprint density at radius 1 is 0.690 bits per heavy atom. The average molecular weight is 391 g/mol. The van der Waals surface area contributed by atoms with Gasteiger partial charge in [0.25, 0.3) is 0 Å². The van der Waals surface area contributed by atoms with Crippen LogP contribution in [0.25, 0.3) is 42.4 Å². The highest BCUT2D eigenvalue weighted by Crippen LogP contribution is 2.51. The molecule has 140 valence electrons. The van der Waals surface area contributed by atoms with Crippen molar-refractivity contribution in [1.29, 1.82) is 0 Å². The van der Waals surface area contributed by atoms with Crippen molar-refractivity contribution in [3.05, 3.63) is 95.6 Å². The quantitative estimate of drug-likeness (QED) is 0.270. The van der Waals surface area contributed by atoms with Gasteiger partial charge in [0.2, 0.25) is 0 Å². The van der Waals surface area contributed by atoms with Crippen molar-refractivity contribution in [3.8, 4) is 22.3 Å². The number of thiophene rings is 1. The van der Waals surface area contributed by atoms with Crippen LogP contribution >= 0.6 is 11.3 Å². The Balaban J connectivity index is 1.62. The molecule has 0 saturated carbocycles. The molecule has 0 bridgehead atoms. The summed E-state index contributed by atoms with van der Waals surface area (Å²) in [6.45, 7) is 6.96. The summed E-state index contributed by atoms with van der Waals surface area (Å²) in [5, 5.41) is 2.72. The van der Waals surface area contributed by atoms with Gasteiger partial charge in [-0.1, -0.05) is 80.6 Å². The largest absolute Gasteiger partial charge is 0.135 e. The Kier molecular flexibility index (Phi) is 3.40. The predicted octanol–water partition coefficient (Wildman–Crippen LogP) is 8.34. The van der Waals surface area contributed by atoms with E-state index in [1.54, 1.807) is 0 Å². The lowest BCUT2D eigenvalue weighted by Crippen LogP contribution is -2.15. The highest BCUT2D eigenvalue weighted by molar-refractivity contribution is 7.26. The maximum atomic E-state index is 2.44. The molecule has 0 amide bonds. The highest BCUT2D eigenvalue weighted by atomic mass is 32.1. The highest BCUT2D eigenvalue weighted by Gasteiger charge is 2.36. The second-order valence-electron chi connectivity index (χ2n) is 8.66. The summed E-state index contributed by atoms with van der Waals surface area (Å²) in [5.74, 6) is 0. The molecule has 1 heterocycles. The van der Waals surface area contributed by atoms with Gasteiger partial charge >= 0.3 is 0 Å². The van der Waals surface area contributed by atoms with Crippen LogP contribution in [0.5, 0.6) is 0 Å². The summed E-state index contributed by atoms with van der Waals surface area (Å²) in [4.78, 5) is 0. The van der Waals surface area contributed by atoms with Gasteiger partial charge in [-0.05, 0) is 58.0 Å². The molecule has 0 aliphatic heterocycles. The molecule has 0 N–H and O–H groups in total. The minimum Gasteiger partial charge on any atom is -0.135 e. The maximum absolute atomic E-state index is 2.44. The number of benzene rings is 4. The van der Waals surface area contributed by atoms with Crippen LogP contribution < -0.4 is 0 Å². The van der Waals surface area contributed by atoms with Crippen molar-refractivity contribution in [2.75, 3.05) is 0 Å². The minimum absolute atomic E-state index is 0.0285. The number of rotatable bonds is 1. The fraction of sp³-hybridized carbons (Fsp3) is 0.143. The molecular formula is C28H22S. The van der Waals surface area contributed by atoms with Crippen LogP contribution in [-0.4, -0.2) is 0 Å². The van der Waals surface area contributed by atoms with Crippen molar-refractivity contribution in [1.82, 2.24) is 0 Å². The van der Waals surface area contributed by atoms with Gasteiger partial charge in [-0.3, -0.25) is 0 Å². The molecule has 1 aliphatic carbocycles. The Labute approximate surface area is 175 Å². The van der Waals surface area contributed by atoms with E-state index >= 15 is 0 Å². The molecule has 0 radical (unpaired) electrons. The molecule has 0 nitrogen and oxygen atoms in total. The summed E-state index contributed by atoms with van der Waals surface area (Å²) in [5.41, 5.74) is 9.78. The Morgan fingerprint density at radius 2 is 1.48 bits per heavy atom. The first kappa shape index (κ1) is 17.0. The Morgan fingerprint density at radius 3 is 2.38 bits per heavy atom. The van der Waals surface area contributed by atoms with E-state index < -0.39 is 0 Å². The zero-order valence-electron chi connectivity index (χ0n) is 16.9. The number of hydrogen-bond donors (Lipinski definition) is 0. The van der Waals surface area contributed by atoms with E-state index in [4.69, 9.17) is 0 Å². The first-order valence-corrected chi connectivity index (χ1v) is 11.0. The average Bonchev–Trinajstić information content (AvgIpc) is 3.22. The van der Waals surface area contributed by atoms with Crippen molar-refractivity contribution in [3.63, 3.8) is 0 Å². The van der Waals surface area contributed by atoms with E-state index in [0.717, 1.165) is 0 Å². The molecular weight excluding hydrogens is 368 g/mol. The van der Waals surface area contributed by atoms with Crippen LogP contribution in [0.3, 0.4) is 0 Å². The molecule has 29 heavy (non-hydrogen) atoms. The van der Waals surface area contributed by atoms with Crippen molar-refractivity contribution >= 4 is 31.5 Å². The van der Waals surface area contributed by atoms with Gasteiger partial charge in [0, 0.05) is 25.6 Å². The van der Waals surface area contributed by atoms with Gasteiger partial charge < -0.3 is 0 Å². The molecule has 6 rings (SSSR count). The van der Waals surface area contributed by atoms with Crippen LogP contribution in [0.4, 0.5) is 0 Å². The van der Waals surface area contributed by atoms with Crippen LogP contribution in [0, 0.1) is 6.92 Å². The van der Waals surface area contributed by atoms with Gasteiger partial charge in [-0.25, -0.2) is 0 Å². The second-order valence-corrected chi connectivity index (χ2v) is 9.72. The smallest absolute Gasteiger partial charge is 0.0433 e. The lowest BCUT2D eigenvalue weighted by molar-refractivity contribution is 0.660. The van der Waals surface area contributed by atoms with Crippen LogP contribution in [0.2, 0.25) is 0 Å². The molecule has 1 heteroatoms. The first-order chi connectivity index (χ1) is 14.1. The fourth-order valence-corrected chi connectivity index (χ4v) is 6.35. The van der Waals surface area contributed by atoms with E-state index in [-0.39, 0.29) is 5.41 Å². The molecule has 0 fully saturated rings. The van der Waals surface area contributed by atoms with Crippen molar-refractivity contribution < 1.29 is 0 Å². The zero-order valence-corrected chi connectivity index (χ0v) is 17.7. The van der Waals surface area contributed by atoms with Crippen molar-refractivity contribution in [2.45, 2.75) is 26.2 Å². The molecule has 0 atom stereocenters. The Hall–Kier alpha value is -2.90. The molecule has 0 unspecified atom stereocenters. The van der Waals surface area contributed by atoms with Crippen LogP contribution in [0.15, 0.2) is 78.9 Å². The monoisotopic (exact) mass is 390 g/mol. The Bertz CT molecular complexity index is 1430. The molecule has 4 aromatic carbocycles. The predicted molar refractivity (Wildman–Crippen MR) is 127 cm³/mol. The molecule has 0 spiro atoms. The maximum Gasteiger partial charge on any atom is 0.0433 e. The number of fused-ring (bicyclic) bond motifs is 6. The third-order valence-electron chi connectivity index (χ3n) is 6.62. The molecule has 5 aromatic rings. The van der Waals surface area contributed by atoms with Gasteiger partial charge in [0.15, 0.2) is 0 Å². The van der Waals surface area contributed by atoms with E-state index in [1.807, 2.05) is 11.3 Å². The number of aryl methyl sites for hydroxylation is 1. The van der Waals surface area contributed by atoms with Gasteiger partial charge in [0.05, 0.1) is 0 Å². The molecule has 0 saturated heterocycles. The van der Waals surface area contributed by atoms with Crippen LogP contribution in [-0.2, 0) is 5.41 Å². The van der Waals surface area contributed by atoms with E-state index in [1.165, 1.54) is 59.1 Å². The summed E-state index contributed by atoms with van der Waals surface area (Å²) in [6, 6.07) is 29.3. The first-order valence-electron chi connectivity index (χ1n) is 10.2. The standard InChI is InChI=1S/C28H22S/c1-17-8-6-12-23-26(17)22-15-14-18(16-24(22)28(23,2)3)19-10-7-11-21-20-9-4-5-13-25(20)29-27(19)21/h4-16H,1-3H3. The fourth-order valence-electron chi connectivity index (χ4n) is 5.11. The zero-order chi connectivity index (χ0) is 19.8. The van der Waals surface area contributed by atoms with Gasteiger partial charge in [-0.15, -0.1) is 11.3 Å². The van der Waals surface area contributed by atoms with E-state index in [9.17, 15) is 0 Å². The molecule has 1 aromatic heterocycles. The third kappa shape index (κ3) is 2.25. The normalized spacial score (nSPS) is 14.3. The lowest BCUT2D eigenvalue weighted by Gasteiger charge is -2.22. The topological polar surface area (TPSA) is 0 Å². The second kappa shape index (κ2) is 5.81. The van der Waals surface area contributed by atoms with Crippen molar-refractivity contribution in [2.24, 2.45) is 0 Å². The SMILES string of the molecule is Cc1cccc2c1-c1ccc(-c3cccc4c3sc3ccccc34)cc1C2(C)C. The summed E-state index contributed by atoms with van der Waals surface area (Å²) >= 11 is 1.91. The molecule has 1 aliphatic rings. The number of hydrogen-bond acceptors (Lipinski definition) is 1.